The van der Waals surface area contributed by atoms with E-state index in [-0.39, 0.29) is 5.78 Å². The van der Waals surface area contributed by atoms with E-state index in [2.05, 4.69) is 11.5 Å². The minimum absolute atomic E-state index is 0.0279. The summed E-state index contributed by atoms with van der Waals surface area (Å²) >= 11 is 0. The molecule has 0 aliphatic carbocycles. The number of hydrogen-bond donors (Lipinski definition) is 0. The average molecular weight is 241 g/mol. The van der Waals surface area contributed by atoms with E-state index in [0.717, 1.165) is 18.7 Å². The topological polar surface area (TPSA) is 20.3 Å². The second-order valence-corrected chi connectivity index (χ2v) is 4.55. The summed E-state index contributed by atoms with van der Waals surface area (Å²) in [5, 5.41) is 0. The average Bonchev–Trinajstić information content (AvgIpc) is 2.46. The van der Waals surface area contributed by atoms with E-state index < -0.39 is 0 Å². The van der Waals surface area contributed by atoms with Gasteiger partial charge in [0.15, 0.2) is 5.78 Å². The van der Waals surface area contributed by atoms with Crippen LogP contribution in [0.5, 0.6) is 0 Å². The number of rotatable bonds is 4. The quantitative estimate of drug-likeness (QED) is 0.456. The van der Waals surface area contributed by atoms with Crippen molar-refractivity contribution in [3.05, 3.63) is 54.6 Å². The van der Waals surface area contributed by atoms with Gasteiger partial charge in [-0.15, -0.1) is 0 Å². The van der Waals surface area contributed by atoms with Crippen molar-refractivity contribution < 1.29 is 4.79 Å². The van der Waals surface area contributed by atoms with Crippen molar-refractivity contribution in [1.82, 2.24) is 0 Å². The molecule has 1 aromatic carbocycles. The predicted octanol–water partition coefficient (Wildman–Crippen LogP) is 3.60. The van der Waals surface area contributed by atoms with Crippen molar-refractivity contribution in [2.45, 2.75) is 19.3 Å². The fraction of sp³-hybridized carbons (Fsp3) is 0.312. The largest absolute Gasteiger partial charge is 0.372 e. The zero-order chi connectivity index (χ0) is 12.8. The van der Waals surface area contributed by atoms with E-state index in [1.807, 2.05) is 24.3 Å². The van der Waals surface area contributed by atoms with Crippen LogP contribution in [0.3, 0.4) is 0 Å². The summed E-state index contributed by atoms with van der Waals surface area (Å²) in [7, 11) is 0. The van der Waals surface area contributed by atoms with Crippen LogP contribution in [0.25, 0.3) is 0 Å². The number of nitrogens with zero attached hydrogens (tertiary/aromatic N) is 1. The van der Waals surface area contributed by atoms with Gasteiger partial charge in [0.25, 0.3) is 0 Å². The van der Waals surface area contributed by atoms with E-state index in [9.17, 15) is 4.79 Å². The lowest BCUT2D eigenvalue weighted by molar-refractivity contribution is 0.104. The molecule has 2 heteroatoms. The Morgan fingerprint density at radius 2 is 1.78 bits per heavy atom. The van der Waals surface area contributed by atoms with Gasteiger partial charge >= 0.3 is 0 Å². The Morgan fingerprint density at radius 1 is 1.11 bits per heavy atom. The number of allylic oxidation sites excluding steroid dienone is 3. The zero-order valence-corrected chi connectivity index (χ0v) is 10.6. The molecule has 0 bridgehead atoms. The summed E-state index contributed by atoms with van der Waals surface area (Å²) in [6, 6.07) is 7.89. The predicted molar refractivity (Wildman–Crippen MR) is 76.2 cm³/mol. The molecule has 1 aliphatic rings. The van der Waals surface area contributed by atoms with Crippen molar-refractivity contribution in [3.63, 3.8) is 0 Å². The number of hydrogen-bond acceptors (Lipinski definition) is 2. The minimum Gasteiger partial charge on any atom is -0.372 e. The highest BCUT2D eigenvalue weighted by molar-refractivity contribution is 6.04. The number of carbonyl (C=O) groups excluding carboxylic acids is 1. The van der Waals surface area contributed by atoms with Crippen LogP contribution < -0.4 is 4.90 Å². The normalized spacial score (nSPS) is 15.9. The number of carbonyl (C=O) groups is 1. The van der Waals surface area contributed by atoms with Crippen molar-refractivity contribution in [3.8, 4) is 0 Å². The number of ketones is 1. The van der Waals surface area contributed by atoms with Gasteiger partial charge in [0.05, 0.1) is 0 Å². The fourth-order valence-corrected chi connectivity index (χ4v) is 2.24. The van der Waals surface area contributed by atoms with Crippen LogP contribution in [-0.4, -0.2) is 18.9 Å². The lowest BCUT2D eigenvalue weighted by Crippen LogP contribution is -2.29. The minimum atomic E-state index is 0.0279. The highest BCUT2D eigenvalue weighted by atomic mass is 16.1. The van der Waals surface area contributed by atoms with E-state index in [0.29, 0.717) is 0 Å². The maximum absolute atomic E-state index is 11.7. The van der Waals surface area contributed by atoms with E-state index >= 15 is 0 Å². The molecule has 1 aromatic rings. The van der Waals surface area contributed by atoms with Gasteiger partial charge in [0, 0.05) is 24.3 Å². The summed E-state index contributed by atoms with van der Waals surface area (Å²) in [5.41, 5.74) is 1.95. The maximum atomic E-state index is 11.7. The summed E-state index contributed by atoms with van der Waals surface area (Å²) in [6.45, 7) is 5.81. The third-order valence-corrected chi connectivity index (χ3v) is 3.26. The second kappa shape index (κ2) is 6.20. The first-order valence-electron chi connectivity index (χ1n) is 6.50. The smallest absolute Gasteiger partial charge is 0.185 e. The molecule has 94 valence electrons. The standard InChI is InChI=1S/C16H19NO/c1-2-3-7-16(18)14-8-10-15(11-9-14)17-12-5-4-6-13-17/h2-3,7-11H,1,4-6,12-13H2. The first-order chi connectivity index (χ1) is 8.81. The first kappa shape index (κ1) is 12.6. The molecule has 2 nitrogen and oxygen atoms in total. The van der Waals surface area contributed by atoms with Gasteiger partial charge in [0.1, 0.15) is 0 Å². The van der Waals surface area contributed by atoms with Gasteiger partial charge in [-0.2, -0.15) is 0 Å². The van der Waals surface area contributed by atoms with Crippen molar-refractivity contribution in [2.75, 3.05) is 18.0 Å². The molecule has 0 radical (unpaired) electrons. The van der Waals surface area contributed by atoms with Crippen molar-refractivity contribution in [1.29, 1.82) is 0 Å². The number of benzene rings is 1. The zero-order valence-electron chi connectivity index (χ0n) is 10.6. The Labute approximate surface area is 109 Å². The molecular formula is C16H19NO. The molecule has 18 heavy (non-hydrogen) atoms. The molecule has 1 saturated heterocycles. The van der Waals surface area contributed by atoms with Gasteiger partial charge in [0.2, 0.25) is 0 Å². The Morgan fingerprint density at radius 3 is 2.39 bits per heavy atom. The third-order valence-electron chi connectivity index (χ3n) is 3.26. The van der Waals surface area contributed by atoms with Crippen LogP contribution >= 0.6 is 0 Å². The molecule has 0 atom stereocenters. The van der Waals surface area contributed by atoms with E-state index in [1.54, 1.807) is 18.2 Å². The molecule has 0 amide bonds. The lowest BCUT2D eigenvalue weighted by atomic mass is 10.1. The summed E-state index contributed by atoms with van der Waals surface area (Å²) in [6.07, 6.45) is 8.69. The molecule has 0 unspecified atom stereocenters. The molecule has 2 rings (SSSR count). The van der Waals surface area contributed by atoms with Crippen LogP contribution in [0.15, 0.2) is 49.1 Å². The molecule has 1 heterocycles. The molecule has 0 saturated carbocycles. The summed E-state index contributed by atoms with van der Waals surface area (Å²) < 4.78 is 0. The Hall–Kier alpha value is -1.83. The Bertz CT molecular complexity index is 439. The SMILES string of the molecule is C=CC=CC(=O)c1ccc(N2CCCCC2)cc1. The van der Waals surface area contributed by atoms with Crippen molar-refractivity contribution >= 4 is 11.5 Å². The van der Waals surface area contributed by atoms with Crippen LogP contribution in [0.2, 0.25) is 0 Å². The highest BCUT2D eigenvalue weighted by Crippen LogP contribution is 2.20. The fourth-order valence-electron chi connectivity index (χ4n) is 2.24. The van der Waals surface area contributed by atoms with Gasteiger partial charge in [-0.3, -0.25) is 4.79 Å². The number of anilines is 1. The molecular weight excluding hydrogens is 222 g/mol. The van der Waals surface area contributed by atoms with Crippen LogP contribution in [0, 0.1) is 0 Å². The molecule has 0 aromatic heterocycles. The van der Waals surface area contributed by atoms with Crippen LogP contribution in [-0.2, 0) is 0 Å². The molecule has 0 spiro atoms. The Kier molecular flexibility index (Phi) is 4.35. The lowest BCUT2D eigenvalue weighted by Gasteiger charge is -2.28. The number of piperidine rings is 1. The van der Waals surface area contributed by atoms with Gasteiger partial charge < -0.3 is 4.90 Å². The Balaban J connectivity index is 2.07. The maximum Gasteiger partial charge on any atom is 0.185 e. The van der Waals surface area contributed by atoms with E-state index in [4.69, 9.17) is 0 Å². The first-order valence-corrected chi connectivity index (χ1v) is 6.50. The van der Waals surface area contributed by atoms with Gasteiger partial charge in [-0.1, -0.05) is 18.7 Å². The monoisotopic (exact) mass is 241 g/mol. The van der Waals surface area contributed by atoms with Crippen molar-refractivity contribution in [2.24, 2.45) is 0 Å². The molecule has 1 fully saturated rings. The summed E-state index contributed by atoms with van der Waals surface area (Å²) in [4.78, 5) is 14.1. The van der Waals surface area contributed by atoms with Gasteiger partial charge in [-0.25, -0.2) is 0 Å². The second-order valence-electron chi connectivity index (χ2n) is 4.55. The molecule has 0 N–H and O–H groups in total. The van der Waals surface area contributed by atoms with Crippen LogP contribution in [0.1, 0.15) is 29.6 Å². The highest BCUT2D eigenvalue weighted by Gasteiger charge is 2.11. The van der Waals surface area contributed by atoms with E-state index in [1.165, 1.54) is 24.9 Å². The third kappa shape index (κ3) is 3.10. The molecule has 1 aliphatic heterocycles. The van der Waals surface area contributed by atoms with Gasteiger partial charge in [-0.05, 0) is 49.6 Å². The summed E-state index contributed by atoms with van der Waals surface area (Å²) in [5.74, 6) is 0.0279. The van der Waals surface area contributed by atoms with Crippen LogP contribution in [0.4, 0.5) is 5.69 Å².